The molecule has 2 rings (SSSR count). The Kier molecular flexibility index (Phi) is 6.13. The molecule has 0 bridgehead atoms. The molecule has 6 nitrogen and oxygen atoms in total. The average molecular weight is 382 g/mol. The summed E-state index contributed by atoms with van der Waals surface area (Å²) in [5.74, 6) is 0.739. The van der Waals surface area contributed by atoms with E-state index in [0.29, 0.717) is 17.1 Å². The number of carbonyl (C=O) groups is 1. The number of nitrogens with two attached hydrogens (primary N) is 1. The number of phenols is 1. The number of hydrogen-bond acceptors (Lipinski definition) is 5. The van der Waals surface area contributed by atoms with Crippen molar-refractivity contribution in [2.75, 3.05) is 7.11 Å². The first-order chi connectivity index (χ1) is 13.0. The maximum atomic E-state index is 12.5. The first-order valence-electron chi connectivity index (χ1n) is 8.79. The van der Waals surface area contributed by atoms with Gasteiger partial charge in [0.05, 0.1) is 12.7 Å². The minimum atomic E-state index is -0.904. The number of carbonyl (C=O) groups excluding carboxylic acids is 1. The second kappa shape index (κ2) is 8.17. The molecule has 0 atom stereocenters. The van der Waals surface area contributed by atoms with Crippen LogP contribution < -0.4 is 15.2 Å². The summed E-state index contributed by atoms with van der Waals surface area (Å²) in [5, 5.41) is 17.2. The number of aryl methyl sites for hydroxylation is 2. The normalized spacial score (nSPS) is 11.5. The molecule has 0 radical (unpaired) electrons. The maximum Gasteiger partial charge on any atom is 0.189 e. The number of ether oxygens (including phenoxy) is 2. The summed E-state index contributed by atoms with van der Waals surface area (Å²) in [6, 6.07) is 8.17. The average Bonchev–Trinajstić information content (AvgIpc) is 2.62. The first-order valence-corrected chi connectivity index (χ1v) is 8.79. The molecule has 0 aliphatic rings. The summed E-state index contributed by atoms with van der Waals surface area (Å²) in [5.41, 5.74) is 7.66. The molecule has 0 spiro atoms. The van der Waals surface area contributed by atoms with Crippen molar-refractivity contribution in [2.45, 2.75) is 33.3 Å². The lowest BCUT2D eigenvalue weighted by atomic mass is 10.0. The topological polar surface area (TPSA) is 106 Å². The summed E-state index contributed by atoms with van der Waals surface area (Å²) in [6.07, 6.45) is 3.18. The molecule has 0 saturated carbocycles. The smallest absolute Gasteiger partial charge is 0.189 e. The van der Waals surface area contributed by atoms with E-state index in [1.807, 2.05) is 26.0 Å². The molecule has 0 saturated heterocycles. The molecule has 28 heavy (non-hydrogen) atoms. The fraction of sp³-hybridized carbons (Fsp3) is 0.273. The predicted octanol–water partition coefficient (Wildman–Crippen LogP) is 4.01. The van der Waals surface area contributed by atoms with Gasteiger partial charge in [-0.05, 0) is 74.7 Å². The van der Waals surface area contributed by atoms with Gasteiger partial charge in [-0.25, -0.2) is 0 Å². The zero-order valence-electron chi connectivity index (χ0n) is 16.8. The zero-order chi connectivity index (χ0) is 21.1. The summed E-state index contributed by atoms with van der Waals surface area (Å²) in [4.78, 5) is 12.5. The van der Waals surface area contributed by atoms with Gasteiger partial charge in [0.1, 0.15) is 23.1 Å². The number of nitrogens with one attached hydrogen (secondary N) is 1. The number of rotatable bonds is 7. The van der Waals surface area contributed by atoms with Crippen LogP contribution in [-0.2, 0) is 0 Å². The van der Waals surface area contributed by atoms with Crippen LogP contribution in [0.1, 0.15) is 40.9 Å². The van der Waals surface area contributed by atoms with Crippen LogP contribution in [-0.4, -0.2) is 29.4 Å². The molecule has 6 heteroatoms. The summed E-state index contributed by atoms with van der Waals surface area (Å²) in [7, 11) is 1.45. The van der Waals surface area contributed by atoms with E-state index in [1.165, 1.54) is 31.4 Å². The Morgan fingerprint density at radius 1 is 1.18 bits per heavy atom. The van der Waals surface area contributed by atoms with Gasteiger partial charge in [-0.2, -0.15) is 0 Å². The largest absolute Gasteiger partial charge is 0.508 e. The second-order valence-corrected chi connectivity index (χ2v) is 7.09. The van der Waals surface area contributed by atoms with E-state index in [0.717, 1.165) is 16.7 Å². The highest BCUT2D eigenvalue weighted by atomic mass is 16.5. The minimum absolute atomic E-state index is 0.0349. The first kappa shape index (κ1) is 21.0. The lowest BCUT2D eigenvalue weighted by molar-refractivity contribution is 0.104. The van der Waals surface area contributed by atoms with Crippen LogP contribution in [0.4, 0.5) is 0 Å². The Balaban J connectivity index is 2.28. The van der Waals surface area contributed by atoms with Gasteiger partial charge in [0.25, 0.3) is 0 Å². The summed E-state index contributed by atoms with van der Waals surface area (Å²) < 4.78 is 11.1. The molecule has 4 N–H and O–H groups in total. The monoisotopic (exact) mass is 382 g/mol. The van der Waals surface area contributed by atoms with Gasteiger partial charge in [-0.1, -0.05) is 6.08 Å². The zero-order valence-corrected chi connectivity index (χ0v) is 16.8. The number of allylic oxidation sites excluding steroid dienone is 1. The standard InChI is InChI=1S/C22H26N2O4/c1-13-10-15(11-14(2)20(13)28-22(3,4)21(23)24)6-9-18(26)17-8-7-16(25)12-19(17)27-5/h6-12,25H,1-5H3,(H3,23,24)/b9-6+. The number of amidine groups is 1. The van der Waals surface area contributed by atoms with E-state index in [9.17, 15) is 9.90 Å². The maximum absolute atomic E-state index is 12.5. The minimum Gasteiger partial charge on any atom is -0.508 e. The molecule has 0 aliphatic heterocycles. The van der Waals surface area contributed by atoms with Crippen molar-refractivity contribution >= 4 is 17.7 Å². The molecular formula is C22H26N2O4. The molecule has 0 heterocycles. The quantitative estimate of drug-likeness (QED) is 0.290. The van der Waals surface area contributed by atoms with Crippen LogP contribution in [0.3, 0.4) is 0 Å². The van der Waals surface area contributed by atoms with Crippen molar-refractivity contribution in [3.63, 3.8) is 0 Å². The molecule has 0 fully saturated rings. The molecule has 2 aromatic carbocycles. The van der Waals surface area contributed by atoms with Gasteiger partial charge in [0.2, 0.25) is 0 Å². The number of benzene rings is 2. The van der Waals surface area contributed by atoms with Gasteiger partial charge in [0.15, 0.2) is 11.4 Å². The molecule has 0 unspecified atom stereocenters. The fourth-order valence-electron chi connectivity index (χ4n) is 2.70. The van der Waals surface area contributed by atoms with Gasteiger partial charge < -0.3 is 20.3 Å². The number of ketones is 1. The summed E-state index contributed by atoms with van der Waals surface area (Å²) >= 11 is 0. The van der Waals surface area contributed by atoms with Gasteiger partial charge in [-0.3, -0.25) is 10.2 Å². The van der Waals surface area contributed by atoms with Crippen molar-refractivity contribution in [1.82, 2.24) is 0 Å². The van der Waals surface area contributed by atoms with Crippen LogP contribution in [0.25, 0.3) is 6.08 Å². The SMILES string of the molecule is COc1cc(O)ccc1C(=O)/C=C/c1cc(C)c(OC(C)(C)C(=N)N)c(C)c1. The molecule has 2 aromatic rings. The van der Waals surface area contributed by atoms with E-state index in [1.54, 1.807) is 19.9 Å². The fourth-order valence-corrected chi connectivity index (χ4v) is 2.70. The van der Waals surface area contributed by atoms with E-state index in [-0.39, 0.29) is 17.4 Å². The number of aromatic hydroxyl groups is 1. The van der Waals surface area contributed by atoms with Crippen LogP contribution in [0.2, 0.25) is 0 Å². The highest BCUT2D eigenvalue weighted by Crippen LogP contribution is 2.29. The van der Waals surface area contributed by atoms with Crippen LogP contribution >= 0.6 is 0 Å². The Labute approximate surface area is 165 Å². The Morgan fingerprint density at radius 3 is 2.32 bits per heavy atom. The van der Waals surface area contributed by atoms with Gasteiger partial charge >= 0.3 is 0 Å². The third-order valence-electron chi connectivity index (χ3n) is 4.37. The Bertz CT molecular complexity index is 923. The van der Waals surface area contributed by atoms with Gasteiger partial charge in [0, 0.05) is 6.07 Å². The third-order valence-corrected chi connectivity index (χ3v) is 4.37. The molecule has 0 aromatic heterocycles. The van der Waals surface area contributed by atoms with E-state index in [4.69, 9.17) is 20.6 Å². The predicted molar refractivity (Wildman–Crippen MR) is 111 cm³/mol. The second-order valence-electron chi connectivity index (χ2n) is 7.09. The van der Waals surface area contributed by atoms with Crippen molar-refractivity contribution < 1.29 is 19.4 Å². The highest BCUT2D eigenvalue weighted by Gasteiger charge is 2.25. The van der Waals surface area contributed by atoms with Gasteiger partial charge in [-0.15, -0.1) is 0 Å². The number of hydrogen-bond donors (Lipinski definition) is 3. The van der Waals surface area contributed by atoms with Crippen LogP contribution in [0.5, 0.6) is 17.2 Å². The molecule has 148 valence electrons. The Hall–Kier alpha value is -3.28. The highest BCUT2D eigenvalue weighted by molar-refractivity contribution is 6.08. The van der Waals surface area contributed by atoms with Crippen LogP contribution in [0.15, 0.2) is 36.4 Å². The summed E-state index contributed by atoms with van der Waals surface area (Å²) in [6.45, 7) is 7.29. The van der Waals surface area contributed by atoms with Crippen LogP contribution in [0, 0.1) is 19.3 Å². The third kappa shape index (κ3) is 4.71. The van der Waals surface area contributed by atoms with E-state index in [2.05, 4.69) is 0 Å². The molecule has 0 aliphatic carbocycles. The van der Waals surface area contributed by atoms with Crippen molar-refractivity contribution in [1.29, 1.82) is 5.41 Å². The van der Waals surface area contributed by atoms with Crippen molar-refractivity contribution in [3.8, 4) is 17.2 Å². The lowest BCUT2D eigenvalue weighted by Crippen LogP contribution is -2.43. The molecular weight excluding hydrogens is 356 g/mol. The number of methoxy groups -OCH3 is 1. The Morgan fingerprint density at radius 2 is 1.79 bits per heavy atom. The van der Waals surface area contributed by atoms with E-state index >= 15 is 0 Å². The molecule has 0 amide bonds. The lowest BCUT2D eigenvalue weighted by Gasteiger charge is -2.27. The van der Waals surface area contributed by atoms with Crippen molar-refractivity contribution in [2.24, 2.45) is 5.73 Å². The van der Waals surface area contributed by atoms with E-state index < -0.39 is 5.60 Å². The van der Waals surface area contributed by atoms with Crippen molar-refractivity contribution in [3.05, 3.63) is 58.7 Å². The number of phenolic OH excluding ortho intramolecular Hbond substituents is 1.